The molecular weight excluding hydrogens is 532 g/mol. The van der Waals surface area contributed by atoms with Crippen molar-refractivity contribution in [1.29, 1.82) is 0 Å². The number of aromatic nitrogens is 2. The SMILES string of the molecule is COc1ccc(-c2ccc(N3CCCN(C(=O)CN(C(=O)NC(C)(C)C)[C@H](C)c4ccccc4)CC3)nn2)c(OC)c1. The Kier molecular flexibility index (Phi) is 9.88. The molecular formula is C32H42N6O4. The molecule has 2 aromatic carbocycles. The second-order valence-corrected chi connectivity index (χ2v) is 11.5. The lowest BCUT2D eigenvalue weighted by Gasteiger charge is -2.34. The highest BCUT2D eigenvalue weighted by atomic mass is 16.5. The molecule has 1 atom stereocenters. The molecule has 0 spiro atoms. The molecule has 3 aromatic rings. The van der Waals surface area contributed by atoms with Gasteiger partial charge in [0.15, 0.2) is 5.82 Å². The minimum atomic E-state index is -0.424. The molecule has 1 saturated heterocycles. The quantitative estimate of drug-likeness (QED) is 0.414. The lowest BCUT2D eigenvalue weighted by molar-refractivity contribution is -0.132. The molecule has 1 N–H and O–H groups in total. The maximum absolute atomic E-state index is 13.6. The summed E-state index contributed by atoms with van der Waals surface area (Å²) in [5.41, 5.74) is 2.08. The zero-order valence-corrected chi connectivity index (χ0v) is 25.5. The minimum Gasteiger partial charge on any atom is -0.497 e. The third-order valence-electron chi connectivity index (χ3n) is 7.31. The normalized spacial score (nSPS) is 14.5. The lowest BCUT2D eigenvalue weighted by Crippen LogP contribution is -2.52. The molecule has 42 heavy (non-hydrogen) atoms. The second kappa shape index (κ2) is 13.5. The van der Waals surface area contributed by atoms with Gasteiger partial charge in [0.1, 0.15) is 18.0 Å². The number of urea groups is 1. The molecule has 1 aromatic heterocycles. The summed E-state index contributed by atoms with van der Waals surface area (Å²) in [4.78, 5) is 32.5. The molecule has 0 aliphatic carbocycles. The molecule has 10 nitrogen and oxygen atoms in total. The number of ether oxygens (including phenoxy) is 2. The van der Waals surface area contributed by atoms with E-state index in [2.05, 4.69) is 20.4 Å². The van der Waals surface area contributed by atoms with Gasteiger partial charge in [0.05, 0.1) is 26.0 Å². The van der Waals surface area contributed by atoms with Crippen LogP contribution in [0.1, 0.15) is 45.7 Å². The fraction of sp³-hybridized carbons (Fsp3) is 0.438. The van der Waals surface area contributed by atoms with Crippen molar-refractivity contribution in [1.82, 2.24) is 25.3 Å². The van der Waals surface area contributed by atoms with Gasteiger partial charge in [-0.25, -0.2) is 4.79 Å². The summed E-state index contributed by atoms with van der Waals surface area (Å²) in [5, 5.41) is 12.0. The number of nitrogens with zero attached hydrogens (tertiary/aromatic N) is 5. The van der Waals surface area contributed by atoms with Crippen LogP contribution >= 0.6 is 0 Å². The lowest BCUT2D eigenvalue weighted by atomic mass is 10.1. The number of hydrogen-bond acceptors (Lipinski definition) is 7. The zero-order chi connectivity index (χ0) is 30.3. The summed E-state index contributed by atoms with van der Waals surface area (Å²) in [6, 6.07) is 18.7. The van der Waals surface area contributed by atoms with E-state index in [1.54, 1.807) is 19.1 Å². The van der Waals surface area contributed by atoms with E-state index in [1.165, 1.54) is 0 Å². The first-order valence-electron chi connectivity index (χ1n) is 14.3. The molecule has 2 heterocycles. The predicted octanol–water partition coefficient (Wildman–Crippen LogP) is 4.77. The topological polar surface area (TPSA) is 100 Å². The van der Waals surface area contributed by atoms with Gasteiger partial charge < -0.3 is 29.5 Å². The monoisotopic (exact) mass is 574 g/mol. The maximum atomic E-state index is 13.6. The Morgan fingerprint density at radius 3 is 2.36 bits per heavy atom. The fourth-order valence-corrected chi connectivity index (χ4v) is 4.98. The van der Waals surface area contributed by atoms with Crippen LogP contribution < -0.4 is 19.7 Å². The average molecular weight is 575 g/mol. The van der Waals surface area contributed by atoms with Gasteiger partial charge in [-0.1, -0.05) is 30.3 Å². The molecule has 4 rings (SSSR count). The summed E-state index contributed by atoms with van der Waals surface area (Å²) in [5.74, 6) is 2.05. The maximum Gasteiger partial charge on any atom is 0.318 e. The Morgan fingerprint density at radius 1 is 0.952 bits per heavy atom. The molecule has 0 bridgehead atoms. The van der Waals surface area contributed by atoms with Crippen LogP contribution in [0.2, 0.25) is 0 Å². The van der Waals surface area contributed by atoms with Crippen molar-refractivity contribution in [2.45, 2.75) is 45.7 Å². The third kappa shape index (κ3) is 7.69. The molecule has 224 valence electrons. The van der Waals surface area contributed by atoms with Crippen LogP contribution in [-0.2, 0) is 4.79 Å². The van der Waals surface area contributed by atoms with E-state index in [0.29, 0.717) is 36.8 Å². The Labute approximate surface area is 248 Å². The number of methoxy groups -OCH3 is 2. The zero-order valence-electron chi connectivity index (χ0n) is 25.5. The first-order valence-corrected chi connectivity index (χ1v) is 14.3. The van der Waals surface area contributed by atoms with Gasteiger partial charge in [0.25, 0.3) is 0 Å². The molecule has 1 aliphatic heterocycles. The number of benzene rings is 2. The predicted molar refractivity (Wildman–Crippen MR) is 164 cm³/mol. The third-order valence-corrected chi connectivity index (χ3v) is 7.31. The summed E-state index contributed by atoms with van der Waals surface area (Å²) >= 11 is 0. The summed E-state index contributed by atoms with van der Waals surface area (Å²) in [6.45, 7) is 10.3. The van der Waals surface area contributed by atoms with Gasteiger partial charge in [0, 0.05) is 43.3 Å². The molecule has 0 saturated carbocycles. The van der Waals surface area contributed by atoms with Gasteiger partial charge in [-0.2, -0.15) is 0 Å². The molecule has 0 radical (unpaired) electrons. The molecule has 10 heteroatoms. The van der Waals surface area contributed by atoms with Crippen LogP contribution in [0.4, 0.5) is 10.6 Å². The number of hydrogen-bond donors (Lipinski definition) is 1. The van der Waals surface area contributed by atoms with E-state index < -0.39 is 5.54 Å². The van der Waals surface area contributed by atoms with E-state index in [0.717, 1.165) is 29.9 Å². The molecule has 1 aliphatic rings. The largest absolute Gasteiger partial charge is 0.497 e. The Morgan fingerprint density at radius 2 is 1.71 bits per heavy atom. The van der Waals surface area contributed by atoms with E-state index in [9.17, 15) is 9.59 Å². The van der Waals surface area contributed by atoms with Gasteiger partial charge in [-0.05, 0) is 63.9 Å². The van der Waals surface area contributed by atoms with Crippen LogP contribution in [0.5, 0.6) is 11.5 Å². The van der Waals surface area contributed by atoms with E-state index in [-0.39, 0.29) is 24.5 Å². The molecule has 1 fully saturated rings. The van der Waals surface area contributed by atoms with Gasteiger partial charge in [-0.15, -0.1) is 10.2 Å². The number of amides is 3. The second-order valence-electron chi connectivity index (χ2n) is 11.5. The highest BCUT2D eigenvalue weighted by Gasteiger charge is 2.29. The van der Waals surface area contributed by atoms with Crippen LogP contribution in [0, 0.1) is 0 Å². The minimum absolute atomic E-state index is 0.00380. The highest BCUT2D eigenvalue weighted by Crippen LogP contribution is 2.32. The van der Waals surface area contributed by atoms with Crippen molar-refractivity contribution in [2.24, 2.45) is 0 Å². The van der Waals surface area contributed by atoms with Crippen molar-refractivity contribution >= 4 is 17.8 Å². The smallest absolute Gasteiger partial charge is 0.318 e. The van der Waals surface area contributed by atoms with Crippen molar-refractivity contribution < 1.29 is 19.1 Å². The number of anilines is 1. The van der Waals surface area contributed by atoms with Crippen molar-refractivity contribution in [3.63, 3.8) is 0 Å². The Bertz CT molecular complexity index is 1340. The van der Waals surface area contributed by atoms with Crippen LogP contribution in [0.25, 0.3) is 11.3 Å². The van der Waals surface area contributed by atoms with E-state index in [4.69, 9.17) is 9.47 Å². The number of carbonyl (C=O) groups excluding carboxylic acids is 2. The summed E-state index contributed by atoms with van der Waals surface area (Å²) in [7, 11) is 3.23. The molecule has 3 amide bonds. The highest BCUT2D eigenvalue weighted by molar-refractivity contribution is 5.85. The number of nitrogens with one attached hydrogen (secondary N) is 1. The van der Waals surface area contributed by atoms with Crippen LogP contribution in [-0.4, -0.2) is 84.4 Å². The molecule has 0 unspecified atom stereocenters. The Balaban J connectivity index is 1.43. The van der Waals surface area contributed by atoms with Gasteiger partial charge in [-0.3, -0.25) is 4.79 Å². The fourth-order valence-electron chi connectivity index (χ4n) is 4.98. The van der Waals surface area contributed by atoms with Crippen LogP contribution in [0.3, 0.4) is 0 Å². The first-order chi connectivity index (χ1) is 20.1. The van der Waals surface area contributed by atoms with Gasteiger partial charge in [0.2, 0.25) is 5.91 Å². The van der Waals surface area contributed by atoms with Crippen molar-refractivity contribution in [3.8, 4) is 22.8 Å². The van der Waals surface area contributed by atoms with Crippen molar-refractivity contribution in [3.05, 3.63) is 66.2 Å². The Hall–Kier alpha value is -4.34. The van der Waals surface area contributed by atoms with E-state index >= 15 is 0 Å². The van der Waals surface area contributed by atoms with Crippen LogP contribution in [0.15, 0.2) is 60.7 Å². The van der Waals surface area contributed by atoms with Gasteiger partial charge >= 0.3 is 6.03 Å². The van der Waals surface area contributed by atoms with Crippen molar-refractivity contribution in [2.75, 3.05) is 51.8 Å². The number of rotatable bonds is 8. The summed E-state index contributed by atoms with van der Waals surface area (Å²) in [6.07, 6.45) is 0.782. The first kappa shape index (κ1) is 30.6. The number of carbonyl (C=O) groups is 2. The standard InChI is InChI=1S/C32H42N6O4/c1-23(24-11-8-7-9-12-24)38(31(40)33-32(2,3)4)22-30(39)37-18-10-17-36(19-20-37)29-16-15-27(34-35-29)26-14-13-25(41-5)21-28(26)42-6/h7-9,11-16,21,23H,10,17-20,22H2,1-6H3,(H,33,40)/t23-/m1/s1. The average Bonchev–Trinajstić information content (AvgIpc) is 3.25. The van der Waals surface area contributed by atoms with E-state index in [1.807, 2.05) is 93.3 Å². The summed E-state index contributed by atoms with van der Waals surface area (Å²) < 4.78 is 10.8.